The minimum atomic E-state index is -0.379. The highest BCUT2D eigenvalue weighted by Gasteiger charge is 2.08. The second kappa shape index (κ2) is 4.57. The van der Waals surface area contributed by atoms with Crippen LogP contribution in [0.3, 0.4) is 0 Å². The van der Waals surface area contributed by atoms with Gasteiger partial charge in [-0.1, -0.05) is 0 Å². The number of carbonyl (C=O) groups excluding carboxylic acids is 1. The van der Waals surface area contributed by atoms with E-state index >= 15 is 0 Å². The van der Waals surface area contributed by atoms with Gasteiger partial charge in [0.25, 0.3) is 0 Å². The number of hydrogen-bond donors (Lipinski definition) is 2. The molecule has 0 fully saturated rings. The maximum absolute atomic E-state index is 11.3. The lowest BCUT2D eigenvalue weighted by Crippen LogP contribution is -2.13. The molecule has 1 rings (SSSR count). The van der Waals surface area contributed by atoms with E-state index in [4.69, 9.17) is 10.6 Å². The molecule has 5 nitrogen and oxygen atoms in total. The highest BCUT2D eigenvalue weighted by molar-refractivity contribution is 5.89. The average molecular weight is 195 g/mol. The van der Waals surface area contributed by atoms with Gasteiger partial charge in [0.1, 0.15) is 5.82 Å². The van der Waals surface area contributed by atoms with Crippen LogP contribution >= 0.6 is 0 Å². The Labute approximate surface area is 82.2 Å². The third-order valence-corrected chi connectivity index (χ3v) is 1.49. The molecular weight excluding hydrogens is 182 g/mol. The van der Waals surface area contributed by atoms with E-state index in [-0.39, 0.29) is 12.1 Å². The van der Waals surface area contributed by atoms with Gasteiger partial charge in [0.2, 0.25) is 0 Å². The van der Waals surface area contributed by atoms with Gasteiger partial charge in [-0.15, -0.1) is 0 Å². The Balaban J connectivity index is 2.71. The highest BCUT2D eigenvalue weighted by Crippen LogP contribution is 2.06. The number of nitrogens with zero attached hydrogens (tertiary/aromatic N) is 1. The fraction of sp³-hybridized carbons (Fsp3) is 0.333. The predicted octanol–water partition coefficient (Wildman–Crippen LogP) is 0.932. The van der Waals surface area contributed by atoms with Gasteiger partial charge in [-0.3, -0.25) is 0 Å². The van der Waals surface area contributed by atoms with Gasteiger partial charge in [-0.05, 0) is 26.0 Å². The van der Waals surface area contributed by atoms with Crippen LogP contribution in [0, 0.1) is 0 Å². The highest BCUT2D eigenvalue weighted by atomic mass is 16.5. The molecule has 0 aliphatic rings. The number of rotatable bonds is 3. The van der Waals surface area contributed by atoms with Crippen molar-refractivity contribution in [3.05, 3.63) is 23.9 Å². The van der Waals surface area contributed by atoms with Crippen LogP contribution in [0.5, 0.6) is 0 Å². The van der Waals surface area contributed by atoms with Crippen LogP contribution in [0.1, 0.15) is 24.2 Å². The van der Waals surface area contributed by atoms with E-state index in [2.05, 4.69) is 10.4 Å². The quantitative estimate of drug-likeness (QED) is 0.426. The molecule has 1 heterocycles. The molecule has 0 atom stereocenters. The van der Waals surface area contributed by atoms with E-state index in [0.29, 0.717) is 11.4 Å². The normalized spacial score (nSPS) is 10.0. The summed E-state index contributed by atoms with van der Waals surface area (Å²) in [4.78, 5) is 15.2. The number of esters is 1. The van der Waals surface area contributed by atoms with Crippen LogP contribution in [0.15, 0.2) is 18.3 Å². The molecule has 0 aliphatic carbocycles. The second-order valence-electron chi connectivity index (χ2n) is 3.03. The van der Waals surface area contributed by atoms with Crippen LogP contribution in [0.4, 0.5) is 5.82 Å². The Kier molecular flexibility index (Phi) is 3.41. The first-order chi connectivity index (χ1) is 6.63. The van der Waals surface area contributed by atoms with Crippen LogP contribution < -0.4 is 11.3 Å². The summed E-state index contributed by atoms with van der Waals surface area (Å²) in [5, 5.41) is 0. The molecular formula is C9H13N3O2. The van der Waals surface area contributed by atoms with E-state index in [1.165, 1.54) is 6.20 Å². The van der Waals surface area contributed by atoms with Crippen molar-refractivity contribution in [2.75, 3.05) is 5.43 Å². The monoisotopic (exact) mass is 195 g/mol. The molecule has 0 saturated heterocycles. The van der Waals surface area contributed by atoms with E-state index < -0.39 is 0 Å². The van der Waals surface area contributed by atoms with Crippen LogP contribution in [-0.2, 0) is 4.74 Å². The van der Waals surface area contributed by atoms with Crippen LogP contribution in [0.2, 0.25) is 0 Å². The van der Waals surface area contributed by atoms with E-state index in [1.54, 1.807) is 26.0 Å². The van der Waals surface area contributed by atoms with Gasteiger partial charge in [-0.25, -0.2) is 15.6 Å². The Morgan fingerprint density at radius 3 is 2.71 bits per heavy atom. The number of aromatic nitrogens is 1. The number of hydrazine groups is 1. The minimum Gasteiger partial charge on any atom is -0.459 e. The lowest BCUT2D eigenvalue weighted by molar-refractivity contribution is 0.0377. The summed E-state index contributed by atoms with van der Waals surface area (Å²) in [6, 6.07) is 3.21. The molecule has 76 valence electrons. The Morgan fingerprint density at radius 1 is 1.57 bits per heavy atom. The molecule has 1 aromatic rings. The maximum atomic E-state index is 11.3. The van der Waals surface area contributed by atoms with Gasteiger partial charge >= 0.3 is 5.97 Å². The molecule has 0 radical (unpaired) electrons. The predicted molar refractivity (Wildman–Crippen MR) is 52.6 cm³/mol. The van der Waals surface area contributed by atoms with Crippen molar-refractivity contribution in [2.24, 2.45) is 5.84 Å². The molecule has 14 heavy (non-hydrogen) atoms. The standard InChI is InChI=1S/C9H13N3O2/c1-6(2)14-9(13)7-3-4-8(12-10)11-5-7/h3-6H,10H2,1-2H3,(H,11,12). The fourth-order valence-electron chi connectivity index (χ4n) is 0.882. The average Bonchev–Trinajstić information content (AvgIpc) is 2.17. The third kappa shape index (κ3) is 2.70. The Morgan fingerprint density at radius 2 is 2.29 bits per heavy atom. The molecule has 0 aliphatic heterocycles. The number of carbonyl (C=O) groups is 1. The second-order valence-corrected chi connectivity index (χ2v) is 3.03. The van der Waals surface area contributed by atoms with Gasteiger partial charge in [0, 0.05) is 6.20 Å². The van der Waals surface area contributed by atoms with Gasteiger partial charge in [0.15, 0.2) is 0 Å². The molecule has 5 heteroatoms. The zero-order valence-electron chi connectivity index (χ0n) is 8.15. The zero-order chi connectivity index (χ0) is 10.6. The summed E-state index contributed by atoms with van der Waals surface area (Å²) in [5.41, 5.74) is 2.79. The molecule has 0 unspecified atom stereocenters. The van der Waals surface area contributed by atoms with E-state index in [1.807, 2.05) is 0 Å². The molecule has 0 bridgehead atoms. The third-order valence-electron chi connectivity index (χ3n) is 1.49. The van der Waals surface area contributed by atoms with Crippen LogP contribution in [0.25, 0.3) is 0 Å². The van der Waals surface area contributed by atoms with Crippen molar-refractivity contribution in [2.45, 2.75) is 20.0 Å². The summed E-state index contributed by atoms with van der Waals surface area (Å²) in [6.45, 7) is 3.59. The molecule has 1 aromatic heterocycles. The van der Waals surface area contributed by atoms with Crippen molar-refractivity contribution >= 4 is 11.8 Å². The summed E-state index contributed by atoms with van der Waals surface area (Å²) in [7, 11) is 0. The molecule has 0 saturated carbocycles. The van der Waals surface area contributed by atoms with Crippen LogP contribution in [-0.4, -0.2) is 17.1 Å². The molecule has 0 amide bonds. The number of nitrogens with two attached hydrogens (primary N) is 1. The summed E-state index contributed by atoms with van der Waals surface area (Å²) in [5.74, 6) is 5.26. The summed E-state index contributed by atoms with van der Waals surface area (Å²) < 4.78 is 4.98. The number of nitrogens with one attached hydrogen (secondary N) is 1. The van der Waals surface area contributed by atoms with Crippen molar-refractivity contribution in [1.82, 2.24) is 4.98 Å². The smallest absolute Gasteiger partial charge is 0.339 e. The van der Waals surface area contributed by atoms with E-state index in [0.717, 1.165) is 0 Å². The number of hydrogen-bond acceptors (Lipinski definition) is 5. The van der Waals surface area contributed by atoms with Crippen molar-refractivity contribution in [1.29, 1.82) is 0 Å². The first kappa shape index (κ1) is 10.5. The Hall–Kier alpha value is -1.62. The first-order valence-corrected chi connectivity index (χ1v) is 4.27. The lowest BCUT2D eigenvalue weighted by Gasteiger charge is -2.07. The minimum absolute atomic E-state index is 0.130. The lowest BCUT2D eigenvalue weighted by atomic mass is 10.3. The molecule has 3 N–H and O–H groups in total. The Bertz CT molecular complexity index is 308. The van der Waals surface area contributed by atoms with Crippen molar-refractivity contribution in [3.8, 4) is 0 Å². The number of nitrogen functional groups attached to an aromatic ring is 1. The summed E-state index contributed by atoms with van der Waals surface area (Å²) >= 11 is 0. The zero-order valence-corrected chi connectivity index (χ0v) is 8.15. The number of ether oxygens (including phenoxy) is 1. The SMILES string of the molecule is CC(C)OC(=O)c1ccc(NN)nc1. The summed E-state index contributed by atoms with van der Waals surface area (Å²) in [6.07, 6.45) is 1.29. The molecule has 0 aromatic carbocycles. The van der Waals surface area contributed by atoms with Gasteiger partial charge in [0.05, 0.1) is 11.7 Å². The van der Waals surface area contributed by atoms with E-state index in [9.17, 15) is 4.79 Å². The van der Waals surface area contributed by atoms with Crippen molar-refractivity contribution < 1.29 is 9.53 Å². The fourth-order valence-corrected chi connectivity index (χ4v) is 0.882. The largest absolute Gasteiger partial charge is 0.459 e. The maximum Gasteiger partial charge on any atom is 0.339 e. The first-order valence-electron chi connectivity index (χ1n) is 4.27. The number of pyridine rings is 1. The molecule has 0 spiro atoms. The topological polar surface area (TPSA) is 77.2 Å². The van der Waals surface area contributed by atoms with Gasteiger partial charge in [-0.2, -0.15) is 0 Å². The van der Waals surface area contributed by atoms with Gasteiger partial charge < -0.3 is 10.2 Å². The number of anilines is 1. The van der Waals surface area contributed by atoms with Crippen molar-refractivity contribution in [3.63, 3.8) is 0 Å².